The number of rotatable bonds is 28. The summed E-state index contributed by atoms with van der Waals surface area (Å²) in [5.41, 5.74) is 0. The molecule has 9 heteroatoms. The van der Waals surface area contributed by atoms with Crippen LogP contribution in [0.25, 0.3) is 0 Å². The van der Waals surface area contributed by atoms with E-state index in [-0.39, 0.29) is 48.9 Å². The summed E-state index contributed by atoms with van der Waals surface area (Å²) < 4.78 is 65.5. The quantitative estimate of drug-likeness (QED) is 0.0447. The Balaban J connectivity index is -0.000000688. The maximum Gasteiger partial charge on any atom is 2.00 e. The molecule has 0 saturated carbocycles. The third-order valence-corrected chi connectivity index (χ3v) is 10.8. The Morgan fingerprint density at radius 1 is 0.390 bits per heavy atom. The Bertz CT molecular complexity index is 666. The van der Waals surface area contributed by atoms with E-state index in [2.05, 4.69) is 13.8 Å². The molecule has 0 radical (unpaired) electrons. The minimum atomic E-state index is -4.08. The van der Waals surface area contributed by atoms with Gasteiger partial charge in [0.25, 0.3) is 0 Å². The average Bonchev–Trinajstić information content (AvgIpc) is 2.89. The van der Waals surface area contributed by atoms with Gasteiger partial charge < -0.3 is 9.11 Å². The molecular weight excluding hydrogens is 682 g/mol. The van der Waals surface area contributed by atoms with Gasteiger partial charge >= 0.3 is 48.9 Å². The molecule has 0 fully saturated rings. The van der Waals surface area contributed by atoms with Gasteiger partial charge in [-0.15, -0.1) is 0 Å². The van der Waals surface area contributed by atoms with Gasteiger partial charge in [0.05, 0.1) is 20.2 Å². The van der Waals surface area contributed by atoms with E-state index in [0.717, 1.165) is 25.7 Å². The van der Waals surface area contributed by atoms with Crippen molar-refractivity contribution in [1.82, 2.24) is 0 Å². The summed E-state index contributed by atoms with van der Waals surface area (Å²) in [7, 11) is -8.16. The van der Waals surface area contributed by atoms with Crippen molar-refractivity contribution in [1.29, 1.82) is 0 Å². The van der Waals surface area contributed by atoms with Crippen LogP contribution in [-0.2, 0) is 20.2 Å². The van der Waals surface area contributed by atoms with Gasteiger partial charge in [0.2, 0.25) is 0 Å². The average molecular weight is 748 g/mol. The molecule has 0 rings (SSSR count). The second-order valence-corrected chi connectivity index (χ2v) is 15.0. The van der Waals surface area contributed by atoms with Crippen LogP contribution < -0.4 is 0 Å². The Labute approximate surface area is 297 Å². The first kappa shape index (κ1) is 46.8. The number of hydrogen-bond acceptors (Lipinski definition) is 6. The third-order valence-electron chi connectivity index (χ3n) is 7.99. The van der Waals surface area contributed by atoms with Crippen molar-refractivity contribution in [3.8, 4) is 0 Å². The summed E-state index contributed by atoms with van der Waals surface area (Å²) >= 11 is 0. The van der Waals surface area contributed by atoms with E-state index in [9.17, 15) is 25.9 Å². The van der Waals surface area contributed by atoms with Crippen molar-refractivity contribution in [3.05, 3.63) is 0 Å². The molecule has 0 aromatic carbocycles. The van der Waals surface area contributed by atoms with Crippen LogP contribution >= 0.6 is 0 Å². The minimum absolute atomic E-state index is 0. The van der Waals surface area contributed by atoms with Crippen LogP contribution in [0.1, 0.15) is 195 Å². The van der Waals surface area contributed by atoms with Gasteiger partial charge in [-0.1, -0.05) is 169 Å². The van der Waals surface area contributed by atoms with Crippen molar-refractivity contribution >= 4 is 69.1 Å². The summed E-state index contributed by atoms with van der Waals surface area (Å²) in [6, 6.07) is 0. The first-order chi connectivity index (χ1) is 19.0. The molecule has 0 spiro atoms. The molecule has 244 valence electrons. The van der Waals surface area contributed by atoms with Gasteiger partial charge in [-0.3, -0.25) is 0 Å². The zero-order chi connectivity index (χ0) is 30.5. The Morgan fingerprint density at radius 2 is 0.585 bits per heavy atom. The fourth-order valence-electron chi connectivity index (χ4n) is 5.18. The molecule has 0 aliphatic rings. The maximum absolute atomic E-state index is 10.9. The Kier molecular flexibility index (Phi) is 37.4. The largest absolute Gasteiger partial charge is 2.00 e. The van der Waals surface area contributed by atoms with Crippen molar-refractivity contribution in [2.45, 2.75) is 205 Å². The van der Waals surface area contributed by atoms with Crippen LogP contribution in [0.5, 0.6) is 0 Å². The standard InChI is InChI=1S/2C16H34O3S.Ba/c2*1-3-5-6-7-8-9-10-11-12-13-14-15-16(4-2)20(17,18)19;/h2*16H,3-15H2,1-2H3,(H,17,18,19);/q;;+2/p-2. The van der Waals surface area contributed by atoms with E-state index >= 15 is 0 Å². The van der Waals surface area contributed by atoms with E-state index in [1.165, 1.54) is 116 Å². The smallest absolute Gasteiger partial charge is 0.748 e. The zero-order valence-corrected chi connectivity index (χ0v) is 33.6. The first-order valence-electron chi connectivity index (χ1n) is 16.9. The third kappa shape index (κ3) is 34.1. The summed E-state index contributed by atoms with van der Waals surface area (Å²) in [5.74, 6) is 0. The summed E-state index contributed by atoms with van der Waals surface area (Å²) in [6.45, 7) is 8.03. The van der Waals surface area contributed by atoms with Gasteiger partial charge in [0.15, 0.2) is 0 Å². The van der Waals surface area contributed by atoms with Crippen LogP contribution in [0, 0.1) is 0 Å². The topological polar surface area (TPSA) is 114 Å². The summed E-state index contributed by atoms with van der Waals surface area (Å²) in [5, 5.41) is -1.33. The molecule has 0 aliphatic heterocycles. The van der Waals surface area contributed by atoms with E-state index in [1.54, 1.807) is 13.8 Å². The molecule has 0 saturated heterocycles. The van der Waals surface area contributed by atoms with Crippen LogP contribution in [-0.4, -0.2) is 85.3 Å². The minimum Gasteiger partial charge on any atom is -0.748 e. The van der Waals surface area contributed by atoms with Gasteiger partial charge in [-0.2, -0.15) is 0 Å². The molecule has 2 atom stereocenters. The predicted molar refractivity (Wildman–Crippen MR) is 175 cm³/mol. The molecule has 0 aromatic heterocycles. The van der Waals surface area contributed by atoms with E-state index in [1.807, 2.05) is 0 Å². The molecule has 0 amide bonds. The monoisotopic (exact) mass is 748 g/mol. The van der Waals surface area contributed by atoms with Gasteiger partial charge in [0, 0.05) is 10.5 Å². The molecule has 0 aliphatic carbocycles. The summed E-state index contributed by atoms with van der Waals surface area (Å²) in [4.78, 5) is 0. The fourth-order valence-corrected chi connectivity index (χ4v) is 6.90. The van der Waals surface area contributed by atoms with E-state index in [0.29, 0.717) is 25.7 Å². The molecule has 6 nitrogen and oxygen atoms in total. The van der Waals surface area contributed by atoms with E-state index < -0.39 is 30.7 Å². The molecule has 0 aromatic rings. The second-order valence-electron chi connectivity index (χ2n) is 11.7. The van der Waals surface area contributed by atoms with Gasteiger partial charge in [-0.05, 0) is 25.7 Å². The normalized spacial score (nSPS) is 13.2. The van der Waals surface area contributed by atoms with Crippen LogP contribution in [0.15, 0.2) is 0 Å². The fraction of sp³-hybridized carbons (Fsp3) is 1.00. The number of hydrogen-bond donors (Lipinski definition) is 0. The Hall–Kier alpha value is 1.39. The Morgan fingerprint density at radius 3 is 0.756 bits per heavy atom. The molecular formula is C32H66BaO6S2. The van der Waals surface area contributed by atoms with Gasteiger partial charge in [-0.25, -0.2) is 16.8 Å². The second kappa shape index (κ2) is 32.8. The molecule has 2 unspecified atom stereocenters. The van der Waals surface area contributed by atoms with Crippen LogP contribution in [0.3, 0.4) is 0 Å². The van der Waals surface area contributed by atoms with Gasteiger partial charge in [0.1, 0.15) is 0 Å². The van der Waals surface area contributed by atoms with Crippen molar-refractivity contribution < 1.29 is 25.9 Å². The molecule has 0 N–H and O–H groups in total. The predicted octanol–water partition coefficient (Wildman–Crippen LogP) is 9.64. The molecule has 41 heavy (non-hydrogen) atoms. The van der Waals surface area contributed by atoms with Crippen molar-refractivity contribution in [2.24, 2.45) is 0 Å². The zero-order valence-electron chi connectivity index (χ0n) is 27.5. The summed E-state index contributed by atoms with van der Waals surface area (Å²) in [6.07, 6.45) is 29.4. The first-order valence-corrected chi connectivity index (χ1v) is 19.9. The van der Waals surface area contributed by atoms with Crippen molar-refractivity contribution in [3.63, 3.8) is 0 Å². The SMILES string of the molecule is CCCCCCCCCCCCCC(CC)S(=O)(=O)[O-].CCCCCCCCCCCCCC(CC)S(=O)(=O)[O-].[Ba+2]. The number of unbranched alkanes of at least 4 members (excludes halogenated alkanes) is 20. The van der Waals surface area contributed by atoms with Crippen LogP contribution in [0.4, 0.5) is 0 Å². The van der Waals surface area contributed by atoms with E-state index in [4.69, 9.17) is 0 Å². The van der Waals surface area contributed by atoms with Crippen LogP contribution in [0.2, 0.25) is 0 Å². The molecule has 0 bridgehead atoms. The van der Waals surface area contributed by atoms with Crippen molar-refractivity contribution in [2.75, 3.05) is 0 Å². The molecule has 0 heterocycles. The maximum atomic E-state index is 10.9.